The third-order valence-corrected chi connectivity index (χ3v) is 3.61. The van der Waals surface area contributed by atoms with Gasteiger partial charge in [-0.3, -0.25) is 0 Å². The van der Waals surface area contributed by atoms with Gasteiger partial charge in [-0.1, -0.05) is 11.2 Å². The van der Waals surface area contributed by atoms with Crippen LogP contribution >= 0.6 is 11.3 Å². The molecule has 0 amide bonds. The summed E-state index contributed by atoms with van der Waals surface area (Å²) >= 11 is 1.81. The second-order valence-electron chi connectivity index (χ2n) is 4.18. The van der Waals surface area contributed by atoms with Crippen molar-refractivity contribution in [2.45, 2.75) is 25.7 Å². The molecule has 1 aromatic heterocycles. The number of oxime groups is 1. The fourth-order valence-electron chi connectivity index (χ4n) is 1.61. The van der Waals surface area contributed by atoms with Crippen LogP contribution in [0, 0.1) is 0 Å². The van der Waals surface area contributed by atoms with Crippen LogP contribution < -0.4 is 5.73 Å². The number of rotatable bonds is 8. The molecule has 1 aromatic rings. The van der Waals surface area contributed by atoms with Crippen LogP contribution in [0.15, 0.2) is 22.7 Å². The van der Waals surface area contributed by atoms with E-state index >= 15 is 0 Å². The summed E-state index contributed by atoms with van der Waals surface area (Å²) in [5, 5.41) is 13.5. The number of thiophene rings is 1. The van der Waals surface area contributed by atoms with Crippen molar-refractivity contribution < 1.29 is 5.21 Å². The molecule has 4 nitrogen and oxygen atoms in total. The first-order valence-electron chi connectivity index (χ1n) is 5.89. The fourth-order valence-corrected chi connectivity index (χ4v) is 2.30. The van der Waals surface area contributed by atoms with E-state index < -0.39 is 0 Å². The van der Waals surface area contributed by atoms with Gasteiger partial charge >= 0.3 is 0 Å². The van der Waals surface area contributed by atoms with Crippen molar-refractivity contribution in [1.29, 1.82) is 0 Å². The highest BCUT2D eigenvalue weighted by atomic mass is 32.1. The zero-order chi connectivity index (χ0) is 12.5. The molecule has 0 spiro atoms. The Morgan fingerprint density at radius 3 is 2.94 bits per heavy atom. The number of likely N-dealkylation sites (N-methyl/N-ethyl adjacent to an activating group) is 1. The highest BCUT2D eigenvalue weighted by Gasteiger charge is 2.01. The largest absolute Gasteiger partial charge is 0.409 e. The minimum atomic E-state index is 0.325. The van der Waals surface area contributed by atoms with Crippen LogP contribution in [0.4, 0.5) is 0 Å². The summed E-state index contributed by atoms with van der Waals surface area (Å²) in [5.41, 5.74) is 5.40. The fraction of sp³-hybridized carbons (Fsp3) is 0.583. The van der Waals surface area contributed by atoms with Crippen LogP contribution in [-0.2, 0) is 6.42 Å². The second-order valence-corrected chi connectivity index (χ2v) is 5.21. The minimum Gasteiger partial charge on any atom is -0.409 e. The van der Waals surface area contributed by atoms with Gasteiger partial charge in [0.15, 0.2) is 0 Å². The maximum Gasteiger partial charge on any atom is 0.139 e. The Balaban J connectivity index is 2.03. The Morgan fingerprint density at radius 1 is 1.47 bits per heavy atom. The third-order valence-electron chi connectivity index (χ3n) is 2.67. The van der Waals surface area contributed by atoms with Crippen LogP contribution in [0.2, 0.25) is 0 Å². The van der Waals surface area contributed by atoms with Gasteiger partial charge in [-0.2, -0.15) is 0 Å². The van der Waals surface area contributed by atoms with Gasteiger partial charge in [-0.25, -0.2) is 0 Å². The number of nitrogens with two attached hydrogens (primary N) is 1. The van der Waals surface area contributed by atoms with Gasteiger partial charge in [0, 0.05) is 17.8 Å². The summed E-state index contributed by atoms with van der Waals surface area (Å²) in [6.07, 6.45) is 3.85. The number of hydrogen-bond donors (Lipinski definition) is 2. The molecule has 1 rings (SSSR count). The van der Waals surface area contributed by atoms with Crippen molar-refractivity contribution in [3.63, 3.8) is 0 Å². The van der Waals surface area contributed by atoms with Crippen LogP contribution in [0.5, 0.6) is 0 Å². The van der Waals surface area contributed by atoms with E-state index in [1.165, 1.54) is 4.88 Å². The van der Waals surface area contributed by atoms with Crippen molar-refractivity contribution in [1.82, 2.24) is 4.90 Å². The van der Waals surface area contributed by atoms with Crippen molar-refractivity contribution in [3.8, 4) is 0 Å². The Bertz CT molecular complexity index is 325. The van der Waals surface area contributed by atoms with Crippen molar-refractivity contribution in [2.24, 2.45) is 10.9 Å². The molecule has 0 fully saturated rings. The first-order chi connectivity index (χ1) is 8.22. The standard InChI is InChI=1S/C12H21N3OS/c1-15(8-3-2-6-12(13)14-16)9-7-11-5-4-10-17-11/h4-5,10,16H,2-3,6-9H2,1H3,(H2,13,14). The summed E-state index contributed by atoms with van der Waals surface area (Å²) < 4.78 is 0. The van der Waals surface area contributed by atoms with Crippen molar-refractivity contribution >= 4 is 17.2 Å². The highest BCUT2D eigenvalue weighted by molar-refractivity contribution is 7.09. The molecule has 0 saturated carbocycles. The third kappa shape index (κ3) is 6.28. The first-order valence-corrected chi connectivity index (χ1v) is 6.77. The summed E-state index contributed by atoms with van der Waals surface area (Å²) in [6, 6.07) is 4.27. The van der Waals surface area contributed by atoms with Gasteiger partial charge in [0.25, 0.3) is 0 Å². The zero-order valence-electron chi connectivity index (χ0n) is 10.3. The highest BCUT2D eigenvalue weighted by Crippen LogP contribution is 2.09. The summed E-state index contributed by atoms with van der Waals surface area (Å²) in [7, 11) is 2.14. The molecular weight excluding hydrogens is 234 g/mol. The molecule has 0 radical (unpaired) electrons. The van der Waals surface area contributed by atoms with Gasteiger partial charge in [-0.05, 0) is 44.3 Å². The minimum absolute atomic E-state index is 0.325. The Labute approximate surface area is 107 Å². The SMILES string of the molecule is CN(CCCCC(N)=NO)CCc1cccs1. The number of hydrogen-bond acceptors (Lipinski definition) is 4. The molecule has 1 heterocycles. The predicted octanol–water partition coefficient (Wildman–Crippen LogP) is 2.14. The van der Waals surface area contributed by atoms with Gasteiger partial charge in [0.05, 0.1) is 0 Å². The maximum absolute atomic E-state index is 8.39. The lowest BCUT2D eigenvalue weighted by molar-refractivity contribution is 0.315. The first kappa shape index (κ1) is 14.0. The monoisotopic (exact) mass is 255 g/mol. The molecular formula is C12H21N3OS. The molecule has 0 atom stereocenters. The molecule has 0 aliphatic rings. The quantitative estimate of drug-likeness (QED) is 0.246. The van der Waals surface area contributed by atoms with Crippen LogP contribution in [-0.4, -0.2) is 36.1 Å². The summed E-state index contributed by atoms with van der Waals surface area (Å²) in [4.78, 5) is 3.76. The maximum atomic E-state index is 8.39. The average molecular weight is 255 g/mol. The number of nitrogens with zero attached hydrogens (tertiary/aromatic N) is 2. The molecule has 5 heteroatoms. The molecule has 0 bridgehead atoms. The summed E-state index contributed by atoms with van der Waals surface area (Å²) in [6.45, 7) is 2.15. The van der Waals surface area contributed by atoms with Crippen LogP contribution in [0.3, 0.4) is 0 Å². The van der Waals surface area contributed by atoms with E-state index in [4.69, 9.17) is 10.9 Å². The Morgan fingerprint density at radius 2 is 2.29 bits per heavy atom. The predicted molar refractivity (Wildman–Crippen MR) is 72.8 cm³/mol. The topological polar surface area (TPSA) is 61.8 Å². The molecule has 3 N–H and O–H groups in total. The molecule has 0 aliphatic carbocycles. The lowest BCUT2D eigenvalue weighted by atomic mass is 10.2. The molecule has 17 heavy (non-hydrogen) atoms. The lowest BCUT2D eigenvalue weighted by Crippen LogP contribution is -2.22. The average Bonchev–Trinajstić information content (AvgIpc) is 2.84. The van der Waals surface area contributed by atoms with Gasteiger partial charge in [-0.15, -0.1) is 11.3 Å². The van der Waals surface area contributed by atoms with Crippen molar-refractivity contribution in [3.05, 3.63) is 22.4 Å². The van der Waals surface area contributed by atoms with Crippen LogP contribution in [0.25, 0.3) is 0 Å². The van der Waals surface area contributed by atoms with Crippen molar-refractivity contribution in [2.75, 3.05) is 20.1 Å². The van der Waals surface area contributed by atoms with E-state index in [2.05, 4.69) is 34.6 Å². The molecule has 0 unspecified atom stereocenters. The van der Waals surface area contributed by atoms with Gasteiger partial charge in [0.2, 0.25) is 0 Å². The van der Waals surface area contributed by atoms with E-state index in [0.29, 0.717) is 12.3 Å². The smallest absolute Gasteiger partial charge is 0.139 e. The van der Waals surface area contributed by atoms with E-state index in [1.807, 2.05) is 11.3 Å². The number of unbranched alkanes of at least 4 members (excludes halogenated alkanes) is 1. The van der Waals surface area contributed by atoms with Gasteiger partial charge in [0.1, 0.15) is 5.84 Å². The number of amidine groups is 1. The second kappa shape index (κ2) is 8.08. The van der Waals surface area contributed by atoms with Crippen LogP contribution in [0.1, 0.15) is 24.1 Å². The lowest BCUT2D eigenvalue weighted by Gasteiger charge is -2.15. The van der Waals surface area contributed by atoms with Gasteiger partial charge < -0.3 is 15.8 Å². The Hall–Kier alpha value is -1.07. The molecule has 0 saturated heterocycles. The molecule has 96 valence electrons. The van der Waals surface area contributed by atoms with E-state index in [1.54, 1.807) is 0 Å². The normalized spacial score (nSPS) is 12.2. The van der Waals surface area contributed by atoms with E-state index in [-0.39, 0.29) is 0 Å². The van der Waals surface area contributed by atoms with E-state index in [0.717, 1.165) is 32.4 Å². The molecule has 0 aliphatic heterocycles. The zero-order valence-corrected chi connectivity index (χ0v) is 11.1. The van der Waals surface area contributed by atoms with E-state index in [9.17, 15) is 0 Å². The summed E-state index contributed by atoms with van der Waals surface area (Å²) in [5.74, 6) is 0.325. The Kier molecular flexibility index (Phi) is 6.65. The molecule has 0 aromatic carbocycles.